The molecule has 3 aromatic carbocycles. The Bertz CT molecular complexity index is 1560. The van der Waals surface area contributed by atoms with E-state index in [9.17, 15) is 0 Å². The number of aromatic nitrogens is 3. The molecule has 0 saturated carbocycles. The number of rotatable bonds is 11. The molecule has 0 spiro atoms. The van der Waals surface area contributed by atoms with Crippen molar-refractivity contribution < 1.29 is 4.74 Å². The van der Waals surface area contributed by atoms with E-state index >= 15 is 0 Å². The quantitative estimate of drug-likeness (QED) is 0.172. The highest BCUT2D eigenvalue weighted by atomic mass is 35.5. The number of benzene rings is 3. The van der Waals surface area contributed by atoms with E-state index in [0.717, 1.165) is 48.2 Å². The zero-order valence-electron chi connectivity index (χ0n) is 22.6. The molecule has 1 N–H and O–H groups in total. The maximum atomic E-state index is 6.32. The van der Waals surface area contributed by atoms with Gasteiger partial charge in [0.15, 0.2) is 0 Å². The van der Waals surface area contributed by atoms with Crippen LogP contribution in [-0.2, 0) is 13.0 Å². The Balaban J connectivity index is 1.24. The molecule has 5 rings (SSSR count). The molecule has 0 radical (unpaired) electrons. The minimum absolute atomic E-state index is 0.341. The Hall–Kier alpha value is -3.64. The maximum Gasteiger partial charge on any atom is 0.124 e. The second-order valence-corrected chi connectivity index (χ2v) is 10.6. The SMILES string of the molecule is CCN(CCc1ccccc1)Cc1ccc(/C=C/c2n[nH]c3ccc(OC(C)c4c(Cl)cncc4Cl)cc23)cc1. The largest absolute Gasteiger partial charge is 0.486 e. The fourth-order valence-electron chi connectivity index (χ4n) is 4.73. The van der Waals surface area contributed by atoms with Crippen LogP contribution in [0.4, 0.5) is 0 Å². The van der Waals surface area contributed by atoms with Gasteiger partial charge in [-0.2, -0.15) is 5.10 Å². The lowest BCUT2D eigenvalue weighted by atomic mass is 10.1. The van der Waals surface area contributed by atoms with Gasteiger partial charge >= 0.3 is 0 Å². The van der Waals surface area contributed by atoms with Crippen molar-refractivity contribution in [2.24, 2.45) is 0 Å². The molecule has 7 heteroatoms. The second kappa shape index (κ2) is 13.1. The first kappa shape index (κ1) is 27.9. The van der Waals surface area contributed by atoms with Crippen molar-refractivity contribution in [2.45, 2.75) is 32.9 Å². The van der Waals surface area contributed by atoms with E-state index in [0.29, 0.717) is 21.4 Å². The molecular weight excluding hydrogens is 539 g/mol. The predicted molar refractivity (Wildman–Crippen MR) is 166 cm³/mol. The molecule has 40 heavy (non-hydrogen) atoms. The lowest BCUT2D eigenvalue weighted by molar-refractivity contribution is 0.227. The molecule has 2 aromatic heterocycles. The first-order valence-electron chi connectivity index (χ1n) is 13.5. The molecule has 0 saturated heterocycles. The Morgan fingerprint density at radius 3 is 2.40 bits per heavy atom. The van der Waals surface area contributed by atoms with Gasteiger partial charge in [-0.05, 0) is 60.9 Å². The number of hydrogen-bond donors (Lipinski definition) is 1. The molecule has 5 aromatic rings. The van der Waals surface area contributed by atoms with E-state index in [1.165, 1.54) is 11.1 Å². The van der Waals surface area contributed by atoms with Crippen LogP contribution in [0, 0.1) is 0 Å². The number of halogens is 2. The average Bonchev–Trinajstić information content (AvgIpc) is 3.37. The van der Waals surface area contributed by atoms with Crippen LogP contribution in [-0.4, -0.2) is 33.2 Å². The summed E-state index contributed by atoms with van der Waals surface area (Å²) in [6, 6.07) is 25.2. The molecule has 5 nitrogen and oxygen atoms in total. The highest BCUT2D eigenvalue weighted by Gasteiger charge is 2.16. The summed E-state index contributed by atoms with van der Waals surface area (Å²) in [5, 5.41) is 9.54. The van der Waals surface area contributed by atoms with Gasteiger partial charge in [-0.15, -0.1) is 0 Å². The summed E-state index contributed by atoms with van der Waals surface area (Å²) in [4.78, 5) is 6.50. The van der Waals surface area contributed by atoms with Gasteiger partial charge in [-0.25, -0.2) is 0 Å². The number of ether oxygens (including phenoxy) is 1. The average molecular weight is 572 g/mol. The summed E-state index contributed by atoms with van der Waals surface area (Å²) in [6.07, 6.45) is 7.97. The van der Waals surface area contributed by atoms with Gasteiger partial charge in [-0.3, -0.25) is 15.0 Å². The smallest absolute Gasteiger partial charge is 0.124 e. The van der Waals surface area contributed by atoms with Gasteiger partial charge < -0.3 is 4.74 Å². The van der Waals surface area contributed by atoms with Crippen molar-refractivity contribution in [1.82, 2.24) is 20.1 Å². The van der Waals surface area contributed by atoms with Crippen LogP contribution >= 0.6 is 23.2 Å². The summed E-state index contributed by atoms with van der Waals surface area (Å²) in [7, 11) is 0. The maximum absolute atomic E-state index is 6.32. The van der Waals surface area contributed by atoms with Crippen molar-refractivity contribution in [3.8, 4) is 5.75 Å². The zero-order chi connectivity index (χ0) is 27.9. The molecule has 0 aliphatic carbocycles. The Morgan fingerprint density at radius 1 is 0.925 bits per heavy atom. The van der Waals surface area contributed by atoms with Gasteiger partial charge in [0.05, 0.1) is 21.3 Å². The molecule has 0 aliphatic rings. The van der Waals surface area contributed by atoms with Gasteiger partial charge in [0.25, 0.3) is 0 Å². The number of fused-ring (bicyclic) bond motifs is 1. The van der Waals surface area contributed by atoms with Crippen LogP contribution in [0.1, 0.15) is 47.9 Å². The van der Waals surface area contributed by atoms with E-state index < -0.39 is 0 Å². The normalized spacial score (nSPS) is 12.4. The molecule has 0 bridgehead atoms. The van der Waals surface area contributed by atoms with Crippen molar-refractivity contribution in [3.05, 3.63) is 123 Å². The van der Waals surface area contributed by atoms with Crippen molar-refractivity contribution >= 4 is 46.3 Å². The lowest BCUT2D eigenvalue weighted by Gasteiger charge is -2.20. The number of nitrogens with zero attached hydrogens (tertiary/aromatic N) is 3. The van der Waals surface area contributed by atoms with Crippen LogP contribution < -0.4 is 4.74 Å². The molecule has 0 amide bonds. The molecule has 204 valence electrons. The van der Waals surface area contributed by atoms with Crippen LogP contribution in [0.25, 0.3) is 23.1 Å². The van der Waals surface area contributed by atoms with Gasteiger partial charge in [0, 0.05) is 36.4 Å². The summed E-state index contributed by atoms with van der Waals surface area (Å²) >= 11 is 12.6. The van der Waals surface area contributed by atoms with E-state index in [1.807, 2.05) is 31.2 Å². The number of H-pyrrole nitrogens is 1. The topological polar surface area (TPSA) is 54.0 Å². The van der Waals surface area contributed by atoms with Crippen LogP contribution in [0.5, 0.6) is 5.75 Å². The van der Waals surface area contributed by atoms with Gasteiger partial charge in [0.2, 0.25) is 0 Å². The number of likely N-dealkylation sites (N-methyl/N-ethyl adjacent to an activating group) is 1. The summed E-state index contributed by atoms with van der Waals surface area (Å²) in [5.74, 6) is 0.706. The van der Waals surface area contributed by atoms with E-state index in [-0.39, 0.29) is 6.10 Å². The summed E-state index contributed by atoms with van der Waals surface area (Å²) < 4.78 is 6.19. The summed E-state index contributed by atoms with van der Waals surface area (Å²) in [6.45, 7) is 7.14. The Morgan fingerprint density at radius 2 is 1.68 bits per heavy atom. The third-order valence-electron chi connectivity index (χ3n) is 7.00. The third kappa shape index (κ3) is 6.92. The van der Waals surface area contributed by atoms with Crippen molar-refractivity contribution in [2.75, 3.05) is 13.1 Å². The van der Waals surface area contributed by atoms with E-state index in [4.69, 9.17) is 27.9 Å². The van der Waals surface area contributed by atoms with Crippen LogP contribution in [0.15, 0.2) is 85.2 Å². The van der Waals surface area contributed by atoms with Crippen LogP contribution in [0.2, 0.25) is 10.0 Å². The first-order valence-corrected chi connectivity index (χ1v) is 14.2. The van der Waals surface area contributed by atoms with E-state index in [1.54, 1.807) is 12.4 Å². The standard InChI is InChI=1S/C33H32Cl2N4O/c1-3-39(18-17-24-7-5-4-6-8-24)22-26-11-9-25(10-12-26)13-15-31-28-19-27(14-16-32(28)38-37-31)40-23(2)33-29(34)20-36-21-30(33)35/h4-16,19-21,23H,3,17-18,22H2,1-2H3,(H,37,38)/b15-13+. The van der Waals surface area contributed by atoms with Crippen molar-refractivity contribution in [3.63, 3.8) is 0 Å². The Labute approximate surface area is 245 Å². The third-order valence-corrected chi connectivity index (χ3v) is 7.60. The summed E-state index contributed by atoms with van der Waals surface area (Å²) in [5.41, 5.74) is 6.30. The number of pyridine rings is 1. The fourth-order valence-corrected chi connectivity index (χ4v) is 5.41. The van der Waals surface area contributed by atoms with Gasteiger partial charge in [0.1, 0.15) is 11.9 Å². The van der Waals surface area contributed by atoms with Crippen molar-refractivity contribution in [1.29, 1.82) is 0 Å². The number of nitrogens with one attached hydrogen (secondary N) is 1. The van der Waals surface area contributed by atoms with Gasteiger partial charge in [-0.1, -0.05) is 90.8 Å². The highest BCUT2D eigenvalue weighted by molar-refractivity contribution is 6.35. The molecule has 1 unspecified atom stereocenters. The monoisotopic (exact) mass is 570 g/mol. The molecular formula is C33H32Cl2N4O. The lowest BCUT2D eigenvalue weighted by Crippen LogP contribution is -2.25. The Kier molecular flexibility index (Phi) is 9.17. The predicted octanol–water partition coefficient (Wildman–Crippen LogP) is 8.64. The zero-order valence-corrected chi connectivity index (χ0v) is 24.2. The molecule has 0 fully saturated rings. The van der Waals surface area contributed by atoms with E-state index in [2.05, 4.69) is 87.7 Å². The van der Waals surface area contributed by atoms with Crippen LogP contribution in [0.3, 0.4) is 0 Å². The minimum atomic E-state index is -0.341. The number of hydrogen-bond acceptors (Lipinski definition) is 4. The first-order chi connectivity index (χ1) is 19.5. The fraction of sp³-hybridized carbons (Fsp3) is 0.212. The second-order valence-electron chi connectivity index (χ2n) is 9.77. The molecule has 2 heterocycles. The highest BCUT2D eigenvalue weighted by Crippen LogP contribution is 2.33. The molecule has 1 atom stereocenters. The molecule has 0 aliphatic heterocycles. The number of aromatic amines is 1. The minimum Gasteiger partial charge on any atom is -0.486 e.